The van der Waals surface area contributed by atoms with Gasteiger partial charge in [-0.25, -0.2) is 4.98 Å². The minimum absolute atomic E-state index is 0.0426. The third-order valence-corrected chi connectivity index (χ3v) is 2.19. The first-order chi connectivity index (χ1) is 7.71. The fraction of sp³-hybridized carbons (Fsp3) is 0.600. The van der Waals surface area contributed by atoms with Crippen molar-refractivity contribution in [1.29, 1.82) is 0 Å². The molecule has 1 aromatic rings. The molecular formula is C10H18N4O2. The van der Waals surface area contributed by atoms with E-state index in [2.05, 4.69) is 22.2 Å². The van der Waals surface area contributed by atoms with E-state index < -0.39 is 0 Å². The topological polar surface area (TPSA) is 93.3 Å². The Kier molecular flexibility index (Phi) is 4.78. The van der Waals surface area contributed by atoms with Crippen molar-refractivity contribution in [2.24, 2.45) is 0 Å². The van der Waals surface area contributed by atoms with Crippen molar-refractivity contribution < 1.29 is 9.84 Å². The number of aliphatic hydroxyl groups is 1. The van der Waals surface area contributed by atoms with Crippen molar-refractivity contribution >= 4 is 11.8 Å². The number of aliphatic hydroxyl groups excluding tert-OH is 1. The Morgan fingerprint density at radius 3 is 2.94 bits per heavy atom. The Labute approximate surface area is 94.9 Å². The molecule has 6 heteroatoms. The lowest BCUT2D eigenvalue weighted by atomic mass is 10.2. The maximum absolute atomic E-state index is 9.17. The van der Waals surface area contributed by atoms with Gasteiger partial charge in [-0.05, 0) is 6.42 Å². The van der Waals surface area contributed by atoms with Crippen LogP contribution in [0, 0.1) is 0 Å². The zero-order valence-electron chi connectivity index (χ0n) is 9.60. The van der Waals surface area contributed by atoms with Crippen LogP contribution < -0.4 is 15.8 Å². The van der Waals surface area contributed by atoms with E-state index in [0.717, 1.165) is 12.8 Å². The van der Waals surface area contributed by atoms with Crippen molar-refractivity contribution in [1.82, 2.24) is 9.97 Å². The van der Waals surface area contributed by atoms with Gasteiger partial charge in [0.1, 0.15) is 0 Å². The largest absolute Gasteiger partial charge is 0.491 e. The summed E-state index contributed by atoms with van der Waals surface area (Å²) >= 11 is 0. The van der Waals surface area contributed by atoms with E-state index in [4.69, 9.17) is 10.5 Å². The molecule has 1 atom stereocenters. The van der Waals surface area contributed by atoms with Crippen molar-refractivity contribution in [3.63, 3.8) is 0 Å². The monoisotopic (exact) mass is 226 g/mol. The van der Waals surface area contributed by atoms with Gasteiger partial charge in [0.2, 0.25) is 5.95 Å². The van der Waals surface area contributed by atoms with Crippen molar-refractivity contribution in [2.45, 2.75) is 25.8 Å². The lowest BCUT2D eigenvalue weighted by Gasteiger charge is -2.17. The van der Waals surface area contributed by atoms with Gasteiger partial charge < -0.3 is 20.9 Å². The van der Waals surface area contributed by atoms with E-state index in [1.807, 2.05) is 0 Å². The Bertz CT molecular complexity index is 333. The minimum atomic E-state index is -0.0480. The highest BCUT2D eigenvalue weighted by molar-refractivity contribution is 5.51. The summed E-state index contributed by atoms with van der Waals surface area (Å²) in [5, 5.41) is 12.3. The highest BCUT2D eigenvalue weighted by Gasteiger charge is 2.11. The van der Waals surface area contributed by atoms with Crippen LogP contribution in [0.2, 0.25) is 0 Å². The average Bonchev–Trinajstić information content (AvgIpc) is 2.29. The first-order valence-electron chi connectivity index (χ1n) is 5.25. The normalized spacial score (nSPS) is 12.2. The smallest absolute Gasteiger partial charge is 0.222 e. The van der Waals surface area contributed by atoms with Gasteiger partial charge in [-0.3, -0.25) is 0 Å². The van der Waals surface area contributed by atoms with Crippen LogP contribution in [-0.2, 0) is 0 Å². The molecule has 0 aliphatic heterocycles. The second kappa shape index (κ2) is 6.12. The standard InChI is InChI=1S/C10H18N4O2/c1-3-4-7(6-15)13-9-8(16-2)5-12-10(11)14-9/h5,7,15H,3-4,6H2,1-2H3,(H3,11,12,13,14)/t7-/m1/s1. The third-order valence-electron chi connectivity index (χ3n) is 2.19. The van der Waals surface area contributed by atoms with Gasteiger partial charge in [0.25, 0.3) is 0 Å². The number of hydrogen-bond donors (Lipinski definition) is 3. The highest BCUT2D eigenvalue weighted by Crippen LogP contribution is 2.22. The Morgan fingerprint density at radius 1 is 1.62 bits per heavy atom. The molecule has 0 aliphatic rings. The summed E-state index contributed by atoms with van der Waals surface area (Å²) < 4.78 is 5.10. The third kappa shape index (κ3) is 3.23. The maximum atomic E-state index is 9.17. The van der Waals surface area contributed by atoms with Gasteiger partial charge in [0, 0.05) is 0 Å². The lowest BCUT2D eigenvalue weighted by Crippen LogP contribution is -2.24. The second-order valence-corrected chi connectivity index (χ2v) is 3.46. The molecule has 1 aromatic heterocycles. The number of anilines is 2. The van der Waals surface area contributed by atoms with Gasteiger partial charge in [-0.15, -0.1) is 0 Å². The molecule has 0 saturated carbocycles. The summed E-state index contributed by atoms with van der Waals surface area (Å²) in [5.74, 6) is 1.21. The lowest BCUT2D eigenvalue weighted by molar-refractivity contribution is 0.267. The highest BCUT2D eigenvalue weighted by atomic mass is 16.5. The van der Waals surface area contributed by atoms with E-state index in [1.54, 1.807) is 0 Å². The zero-order valence-corrected chi connectivity index (χ0v) is 9.60. The van der Waals surface area contributed by atoms with Gasteiger partial charge in [0.15, 0.2) is 11.6 Å². The van der Waals surface area contributed by atoms with Gasteiger partial charge in [-0.1, -0.05) is 13.3 Å². The first-order valence-corrected chi connectivity index (χ1v) is 5.25. The Balaban J connectivity index is 2.80. The summed E-state index contributed by atoms with van der Waals surface area (Å²) in [6.45, 7) is 2.09. The molecule has 0 radical (unpaired) electrons. The molecule has 90 valence electrons. The maximum Gasteiger partial charge on any atom is 0.222 e. The van der Waals surface area contributed by atoms with Crippen LogP contribution in [0.15, 0.2) is 6.20 Å². The summed E-state index contributed by atoms with van der Waals surface area (Å²) in [7, 11) is 1.54. The number of rotatable bonds is 6. The summed E-state index contributed by atoms with van der Waals surface area (Å²) in [6, 6.07) is -0.0480. The van der Waals surface area contributed by atoms with Crippen LogP contribution in [0.5, 0.6) is 5.75 Å². The van der Waals surface area contributed by atoms with Crippen molar-refractivity contribution in [3.8, 4) is 5.75 Å². The summed E-state index contributed by atoms with van der Waals surface area (Å²) in [4.78, 5) is 7.86. The molecule has 0 amide bonds. The van der Waals surface area contributed by atoms with Crippen LogP contribution in [0.4, 0.5) is 11.8 Å². The molecule has 0 spiro atoms. The number of nitrogens with one attached hydrogen (secondary N) is 1. The molecule has 0 unspecified atom stereocenters. The molecule has 0 saturated heterocycles. The molecule has 4 N–H and O–H groups in total. The van der Waals surface area contributed by atoms with Crippen LogP contribution in [0.1, 0.15) is 19.8 Å². The van der Waals surface area contributed by atoms with E-state index in [1.165, 1.54) is 13.3 Å². The fourth-order valence-electron chi connectivity index (χ4n) is 1.39. The number of nitrogen functional groups attached to an aromatic ring is 1. The molecule has 0 bridgehead atoms. The number of nitrogens with two attached hydrogens (primary N) is 1. The predicted octanol–water partition coefficient (Wildman–Crippen LogP) is 0.640. The number of hydrogen-bond acceptors (Lipinski definition) is 6. The zero-order chi connectivity index (χ0) is 12.0. The number of methoxy groups -OCH3 is 1. The SMILES string of the molecule is CCC[C@H](CO)Nc1nc(N)ncc1OC. The van der Waals surface area contributed by atoms with Crippen molar-refractivity contribution in [2.75, 3.05) is 24.8 Å². The first kappa shape index (κ1) is 12.5. The quantitative estimate of drug-likeness (QED) is 0.659. The van der Waals surface area contributed by atoms with Gasteiger partial charge >= 0.3 is 0 Å². The summed E-state index contributed by atoms with van der Waals surface area (Å²) in [5.41, 5.74) is 5.49. The van der Waals surface area contributed by atoms with Crippen molar-refractivity contribution in [3.05, 3.63) is 6.20 Å². The molecule has 0 aliphatic carbocycles. The minimum Gasteiger partial charge on any atom is -0.491 e. The summed E-state index contributed by atoms with van der Waals surface area (Å²) in [6.07, 6.45) is 3.33. The average molecular weight is 226 g/mol. The predicted molar refractivity (Wildman–Crippen MR) is 62.4 cm³/mol. The molecule has 0 fully saturated rings. The Morgan fingerprint density at radius 2 is 2.38 bits per heavy atom. The number of aromatic nitrogens is 2. The molecule has 16 heavy (non-hydrogen) atoms. The van der Waals surface area contributed by atoms with Crippen LogP contribution in [0.3, 0.4) is 0 Å². The molecule has 1 heterocycles. The fourth-order valence-corrected chi connectivity index (χ4v) is 1.39. The van der Waals surface area contributed by atoms with E-state index in [-0.39, 0.29) is 18.6 Å². The molecule has 1 rings (SSSR count). The van der Waals surface area contributed by atoms with E-state index in [0.29, 0.717) is 11.6 Å². The van der Waals surface area contributed by atoms with Crippen LogP contribution in [0.25, 0.3) is 0 Å². The molecular weight excluding hydrogens is 208 g/mol. The van der Waals surface area contributed by atoms with E-state index in [9.17, 15) is 5.11 Å². The van der Waals surface area contributed by atoms with Gasteiger partial charge in [-0.2, -0.15) is 4.98 Å². The Hall–Kier alpha value is -1.56. The molecule has 6 nitrogen and oxygen atoms in total. The van der Waals surface area contributed by atoms with E-state index >= 15 is 0 Å². The second-order valence-electron chi connectivity index (χ2n) is 3.46. The molecule has 0 aromatic carbocycles. The van der Waals surface area contributed by atoms with Gasteiger partial charge in [0.05, 0.1) is 26.0 Å². The number of nitrogens with zero attached hydrogens (tertiary/aromatic N) is 2. The van der Waals surface area contributed by atoms with Crippen LogP contribution >= 0.6 is 0 Å². The van der Waals surface area contributed by atoms with Crippen LogP contribution in [-0.4, -0.2) is 34.8 Å². The number of ether oxygens (including phenoxy) is 1.